The number of hydrogen-bond acceptors (Lipinski definition) is 8. The van der Waals surface area contributed by atoms with Gasteiger partial charge >= 0.3 is 24.3 Å². The number of hydrogen-bond donors (Lipinski definition) is 5. The van der Waals surface area contributed by atoms with Crippen molar-refractivity contribution in [3.8, 4) is 11.5 Å². The summed E-state index contributed by atoms with van der Waals surface area (Å²) in [7, 11) is 0. The average molecular weight is 676 g/mol. The van der Waals surface area contributed by atoms with E-state index >= 15 is 0 Å². The number of amidine groups is 1. The number of aromatic nitrogens is 1. The smallest absolute Gasteiger partial charge is 0.490 e. The van der Waals surface area contributed by atoms with Crippen molar-refractivity contribution in [1.29, 1.82) is 5.41 Å². The van der Waals surface area contributed by atoms with Crippen LogP contribution in [0.4, 0.5) is 32.2 Å². The zero-order chi connectivity index (χ0) is 35.4. The third-order valence-electron chi connectivity index (χ3n) is 6.25. The molecule has 1 fully saturated rings. The number of ether oxygens (including phenoxy) is 2. The fraction of sp³-hybridized carbons (Fsp3) is 0.345. The fourth-order valence-corrected chi connectivity index (χ4v) is 3.88. The lowest BCUT2D eigenvalue weighted by atomic mass is 10.1. The summed E-state index contributed by atoms with van der Waals surface area (Å²) >= 11 is 0. The van der Waals surface area contributed by atoms with Gasteiger partial charge in [-0.25, -0.2) is 14.6 Å². The summed E-state index contributed by atoms with van der Waals surface area (Å²) < 4.78 is 75.3. The first kappa shape index (κ1) is 37.9. The predicted molar refractivity (Wildman–Crippen MR) is 156 cm³/mol. The van der Waals surface area contributed by atoms with E-state index in [-0.39, 0.29) is 12.0 Å². The highest BCUT2D eigenvalue weighted by Crippen LogP contribution is 2.24. The summed E-state index contributed by atoms with van der Waals surface area (Å²) in [6.45, 7) is 4.21. The SMILES string of the molecule is CC(=N)N1CCC(Oc2ccc(C(=O)NCCOc3ccc4ccnc(N)c4c3)cc2)CC1.O=C(O)C(F)(F)F.O=C(O)C(F)(F)F. The lowest BCUT2D eigenvalue weighted by Crippen LogP contribution is -2.40. The minimum Gasteiger partial charge on any atom is -0.492 e. The number of anilines is 1. The number of rotatable bonds is 7. The Labute approximate surface area is 263 Å². The van der Waals surface area contributed by atoms with E-state index in [0.717, 1.165) is 42.5 Å². The molecule has 0 saturated carbocycles. The average Bonchev–Trinajstić information content (AvgIpc) is 3.00. The lowest BCUT2D eigenvalue weighted by molar-refractivity contribution is -0.193. The van der Waals surface area contributed by atoms with Crippen molar-refractivity contribution in [2.24, 2.45) is 0 Å². The molecule has 0 bridgehead atoms. The first-order valence-electron chi connectivity index (χ1n) is 13.6. The zero-order valence-electron chi connectivity index (χ0n) is 24.7. The van der Waals surface area contributed by atoms with Gasteiger partial charge in [0.1, 0.15) is 30.0 Å². The lowest BCUT2D eigenvalue weighted by Gasteiger charge is -2.32. The number of fused-ring (bicyclic) bond motifs is 1. The molecule has 18 heteroatoms. The molecule has 1 aliphatic heterocycles. The number of piperidine rings is 1. The Hall–Kier alpha value is -5.29. The maximum atomic E-state index is 12.4. The van der Waals surface area contributed by atoms with Crippen LogP contribution in [0.2, 0.25) is 0 Å². The van der Waals surface area contributed by atoms with Crippen LogP contribution in [0, 0.1) is 5.41 Å². The molecule has 4 rings (SSSR count). The molecule has 12 nitrogen and oxygen atoms in total. The number of benzene rings is 2. The van der Waals surface area contributed by atoms with Gasteiger partial charge in [-0.05, 0) is 54.8 Å². The highest BCUT2D eigenvalue weighted by atomic mass is 19.4. The van der Waals surface area contributed by atoms with Crippen LogP contribution in [-0.4, -0.2) is 88.5 Å². The van der Waals surface area contributed by atoms with Gasteiger partial charge in [0.25, 0.3) is 5.91 Å². The number of carboxylic acid groups (broad SMARTS) is 2. The minimum absolute atomic E-state index is 0.138. The summed E-state index contributed by atoms with van der Waals surface area (Å²) in [4.78, 5) is 36.4. The van der Waals surface area contributed by atoms with E-state index in [2.05, 4.69) is 15.2 Å². The number of nitrogens with two attached hydrogens (primary N) is 1. The van der Waals surface area contributed by atoms with Crippen LogP contribution < -0.4 is 20.5 Å². The Morgan fingerprint density at radius 3 is 2.00 bits per heavy atom. The van der Waals surface area contributed by atoms with Gasteiger partial charge in [-0.3, -0.25) is 10.2 Å². The first-order chi connectivity index (χ1) is 21.9. The fourth-order valence-electron chi connectivity index (χ4n) is 3.88. The summed E-state index contributed by atoms with van der Waals surface area (Å²) in [5, 5.41) is 26.7. The normalized spacial score (nSPS) is 13.3. The number of carbonyl (C=O) groups excluding carboxylic acids is 1. The molecule has 3 aromatic rings. The van der Waals surface area contributed by atoms with Crippen LogP contribution in [-0.2, 0) is 9.59 Å². The maximum absolute atomic E-state index is 12.4. The van der Waals surface area contributed by atoms with Crippen molar-refractivity contribution in [1.82, 2.24) is 15.2 Å². The van der Waals surface area contributed by atoms with Crippen molar-refractivity contribution < 1.29 is 60.4 Å². The van der Waals surface area contributed by atoms with E-state index in [9.17, 15) is 31.1 Å². The van der Waals surface area contributed by atoms with Gasteiger partial charge in [-0.2, -0.15) is 26.3 Å². The first-order valence-corrected chi connectivity index (χ1v) is 13.6. The van der Waals surface area contributed by atoms with Crippen LogP contribution >= 0.6 is 0 Å². The highest BCUT2D eigenvalue weighted by Gasteiger charge is 2.38. The van der Waals surface area contributed by atoms with Crippen molar-refractivity contribution in [2.75, 3.05) is 32.0 Å². The summed E-state index contributed by atoms with van der Waals surface area (Å²) in [5.74, 6) is -3.17. The zero-order valence-corrected chi connectivity index (χ0v) is 24.7. The number of alkyl halides is 6. The van der Waals surface area contributed by atoms with Gasteiger partial charge in [0.2, 0.25) is 0 Å². The van der Waals surface area contributed by atoms with Gasteiger partial charge in [-0.1, -0.05) is 6.07 Å². The number of pyridine rings is 1. The summed E-state index contributed by atoms with van der Waals surface area (Å²) in [6.07, 6.45) is -6.58. The van der Waals surface area contributed by atoms with Gasteiger partial charge in [-0.15, -0.1) is 0 Å². The molecule has 2 aromatic carbocycles. The number of carbonyl (C=O) groups is 3. The van der Waals surface area contributed by atoms with E-state index in [0.29, 0.717) is 36.1 Å². The number of nitrogens with zero attached hydrogens (tertiary/aromatic N) is 2. The van der Waals surface area contributed by atoms with Gasteiger partial charge in [0.05, 0.1) is 12.4 Å². The number of aliphatic carboxylic acids is 2. The molecule has 0 atom stereocenters. The molecule has 1 aromatic heterocycles. The molecule has 256 valence electrons. The number of likely N-dealkylation sites (tertiary alicyclic amines) is 1. The van der Waals surface area contributed by atoms with E-state index in [4.69, 9.17) is 40.4 Å². The number of amides is 1. The van der Waals surface area contributed by atoms with Crippen molar-refractivity contribution in [2.45, 2.75) is 38.2 Å². The third-order valence-corrected chi connectivity index (χ3v) is 6.25. The van der Waals surface area contributed by atoms with Gasteiger partial charge < -0.3 is 35.6 Å². The van der Waals surface area contributed by atoms with Crippen molar-refractivity contribution >= 4 is 40.3 Å². The van der Waals surface area contributed by atoms with Crippen molar-refractivity contribution in [3.63, 3.8) is 0 Å². The second kappa shape index (κ2) is 16.9. The molecule has 0 spiro atoms. The number of nitrogen functional groups attached to an aromatic ring is 1. The second-order valence-electron chi connectivity index (χ2n) is 9.70. The Balaban J connectivity index is 0.000000459. The number of nitrogens with one attached hydrogen (secondary N) is 2. The van der Waals surface area contributed by atoms with Crippen LogP contribution in [0.1, 0.15) is 30.1 Å². The Bertz CT molecular complexity index is 1500. The monoisotopic (exact) mass is 675 g/mol. The second-order valence-corrected chi connectivity index (χ2v) is 9.70. The van der Waals surface area contributed by atoms with E-state index in [1.165, 1.54) is 0 Å². The number of halogens is 6. The predicted octanol–water partition coefficient (Wildman–Crippen LogP) is 4.73. The molecule has 6 N–H and O–H groups in total. The van der Waals surface area contributed by atoms with E-state index in [1.54, 1.807) is 18.3 Å². The Morgan fingerprint density at radius 2 is 1.49 bits per heavy atom. The largest absolute Gasteiger partial charge is 0.492 e. The van der Waals surface area contributed by atoms with Crippen LogP contribution in [0.25, 0.3) is 10.8 Å². The maximum Gasteiger partial charge on any atom is 0.490 e. The van der Waals surface area contributed by atoms with Crippen LogP contribution in [0.5, 0.6) is 11.5 Å². The summed E-state index contributed by atoms with van der Waals surface area (Å²) in [6, 6.07) is 14.7. The van der Waals surface area contributed by atoms with Gasteiger partial charge in [0.15, 0.2) is 0 Å². The molecule has 1 aliphatic rings. The Kier molecular flexibility index (Phi) is 13.6. The van der Waals surface area contributed by atoms with Gasteiger partial charge in [0, 0.05) is 43.1 Å². The van der Waals surface area contributed by atoms with Crippen molar-refractivity contribution in [3.05, 3.63) is 60.3 Å². The highest BCUT2D eigenvalue weighted by molar-refractivity contribution is 5.94. The van der Waals surface area contributed by atoms with Crippen LogP contribution in [0.15, 0.2) is 54.7 Å². The molecule has 2 heterocycles. The molecular formula is C29H31F6N5O7. The molecule has 0 radical (unpaired) electrons. The Morgan fingerprint density at radius 1 is 0.957 bits per heavy atom. The standard InChI is InChI=1S/C25H29N5O3.2C2HF3O2/c1-17(26)30-13-9-21(10-14-30)33-20-5-3-19(4-6-20)25(31)29-12-15-32-22-7-2-18-8-11-28-24(27)23(18)16-22;2*3-2(4,5)1(6)7/h2-8,11,16,21,26H,9-10,12-15H2,1H3,(H2,27,28)(H,29,31);2*(H,6,7). The molecule has 1 saturated heterocycles. The van der Waals surface area contributed by atoms with Crippen LogP contribution in [0.3, 0.4) is 0 Å². The molecule has 47 heavy (non-hydrogen) atoms. The topological polar surface area (TPSA) is 188 Å². The summed E-state index contributed by atoms with van der Waals surface area (Å²) in [5.41, 5.74) is 6.49. The quantitative estimate of drug-likeness (QED) is 0.101. The molecule has 0 aliphatic carbocycles. The molecule has 1 amide bonds. The van der Waals surface area contributed by atoms with E-state index in [1.807, 2.05) is 43.3 Å². The number of carboxylic acids is 2. The van der Waals surface area contributed by atoms with E-state index < -0.39 is 24.3 Å². The third kappa shape index (κ3) is 12.9. The minimum atomic E-state index is -5.08. The molecule has 0 unspecified atom stereocenters. The molecular weight excluding hydrogens is 644 g/mol.